The summed E-state index contributed by atoms with van der Waals surface area (Å²) in [6, 6.07) is 0. The number of esters is 1. The summed E-state index contributed by atoms with van der Waals surface area (Å²) >= 11 is 0. The molecule has 2 fully saturated rings. The molecule has 4 atom stereocenters. The van der Waals surface area contributed by atoms with Crippen LogP contribution in [0.5, 0.6) is 0 Å². The molecule has 1 N–H and O–H groups in total. The van der Waals surface area contributed by atoms with Gasteiger partial charge in [-0.25, -0.2) is 13.2 Å². The number of carbonyl (C=O) groups excluding carboxylic acids is 2. The summed E-state index contributed by atoms with van der Waals surface area (Å²) < 4.78 is 29.8. The van der Waals surface area contributed by atoms with Crippen molar-refractivity contribution in [3.8, 4) is 0 Å². The van der Waals surface area contributed by atoms with Gasteiger partial charge in [0.25, 0.3) is 0 Å². The summed E-state index contributed by atoms with van der Waals surface area (Å²) in [6.07, 6.45) is 1.05. The Morgan fingerprint density at radius 1 is 1.48 bits per heavy atom. The van der Waals surface area contributed by atoms with E-state index < -0.39 is 43.6 Å². The van der Waals surface area contributed by atoms with Gasteiger partial charge in [-0.1, -0.05) is 5.21 Å². The fourth-order valence-corrected chi connectivity index (χ4v) is 6.40. The Hall–Kier alpha value is -2.30. The highest BCUT2D eigenvalue weighted by Crippen LogP contribution is 2.54. The quantitative estimate of drug-likeness (QED) is 0.664. The molecule has 136 valence electrons. The Kier molecular flexibility index (Phi) is 3.93. The number of sulfone groups is 1. The molecule has 2 heterocycles. The molecule has 11 heteroatoms. The molecule has 25 heavy (non-hydrogen) atoms. The van der Waals surface area contributed by atoms with Crippen LogP contribution in [0.2, 0.25) is 0 Å². The molecule has 1 aromatic heterocycles. The molecule has 2 unspecified atom stereocenters. The third-order valence-electron chi connectivity index (χ3n) is 5.01. The third-order valence-corrected chi connectivity index (χ3v) is 7.95. The van der Waals surface area contributed by atoms with Crippen molar-refractivity contribution < 1.29 is 32.6 Å². The molecule has 2 aliphatic rings. The van der Waals surface area contributed by atoms with Crippen molar-refractivity contribution in [2.45, 2.75) is 36.8 Å². The molecule has 10 nitrogen and oxygen atoms in total. The molecule has 1 aliphatic carbocycles. The van der Waals surface area contributed by atoms with E-state index in [1.165, 1.54) is 13.1 Å². The molecule has 0 amide bonds. The fourth-order valence-electron chi connectivity index (χ4n) is 3.71. The number of ether oxygens (including phenoxy) is 1. The molecule has 3 rings (SSSR count). The van der Waals surface area contributed by atoms with Gasteiger partial charge in [0.05, 0.1) is 30.5 Å². The number of Topliss-reactive ketones (excluding diaryl/α,β-unsaturated/α-hetero) is 1. The van der Waals surface area contributed by atoms with Crippen LogP contribution in [0.4, 0.5) is 0 Å². The molecular formula is C14H17N3O7S. The fraction of sp³-hybridized carbons (Fsp3) is 0.643. The van der Waals surface area contributed by atoms with E-state index in [-0.39, 0.29) is 31.0 Å². The minimum Gasteiger partial charge on any atom is -0.481 e. The Morgan fingerprint density at radius 3 is 2.72 bits per heavy atom. The van der Waals surface area contributed by atoms with Gasteiger partial charge in [0, 0.05) is 12.3 Å². The van der Waals surface area contributed by atoms with Gasteiger partial charge in [-0.05, 0) is 13.8 Å². The molecule has 0 bridgehead atoms. The summed E-state index contributed by atoms with van der Waals surface area (Å²) in [6.45, 7) is 2.75. The maximum absolute atomic E-state index is 12.8. The van der Waals surface area contributed by atoms with Gasteiger partial charge < -0.3 is 9.84 Å². The predicted molar refractivity (Wildman–Crippen MR) is 81.3 cm³/mol. The normalized spacial score (nSPS) is 32.7. The second-order valence-corrected chi connectivity index (χ2v) is 9.06. The van der Waals surface area contributed by atoms with Crippen LogP contribution >= 0.6 is 0 Å². The minimum atomic E-state index is -3.88. The van der Waals surface area contributed by atoms with E-state index in [1.807, 2.05) is 0 Å². The first-order chi connectivity index (χ1) is 11.6. The molecule has 1 saturated heterocycles. The van der Waals surface area contributed by atoms with E-state index in [4.69, 9.17) is 4.74 Å². The van der Waals surface area contributed by atoms with Crippen LogP contribution in [-0.2, 0) is 30.7 Å². The Bertz CT molecular complexity index is 862. The van der Waals surface area contributed by atoms with Crippen LogP contribution in [0.25, 0.3) is 0 Å². The summed E-state index contributed by atoms with van der Waals surface area (Å²) in [7, 11) is -3.88. The van der Waals surface area contributed by atoms with Gasteiger partial charge in [-0.3, -0.25) is 14.3 Å². The lowest BCUT2D eigenvalue weighted by Gasteiger charge is -2.29. The number of nitrogens with zero attached hydrogens (tertiary/aromatic N) is 3. The van der Waals surface area contributed by atoms with E-state index in [2.05, 4.69) is 10.3 Å². The number of hydrogen-bond acceptors (Lipinski definition) is 8. The van der Waals surface area contributed by atoms with Crippen molar-refractivity contribution in [3.05, 3.63) is 11.9 Å². The van der Waals surface area contributed by atoms with Gasteiger partial charge in [-0.2, -0.15) is 0 Å². The Balaban J connectivity index is 1.95. The van der Waals surface area contributed by atoms with Crippen molar-refractivity contribution in [1.29, 1.82) is 0 Å². The zero-order chi connectivity index (χ0) is 18.6. The smallest absolute Gasteiger partial charge is 0.360 e. The second kappa shape index (κ2) is 5.61. The van der Waals surface area contributed by atoms with E-state index in [0.29, 0.717) is 0 Å². The zero-order valence-corrected chi connectivity index (χ0v) is 14.4. The largest absolute Gasteiger partial charge is 0.481 e. The van der Waals surface area contributed by atoms with Gasteiger partial charge in [0.15, 0.2) is 15.5 Å². The topological polar surface area (TPSA) is 146 Å². The first-order valence-electron chi connectivity index (χ1n) is 7.69. The summed E-state index contributed by atoms with van der Waals surface area (Å²) in [4.78, 5) is 35.1. The molecular weight excluding hydrogens is 354 g/mol. The van der Waals surface area contributed by atoms with Crippen molar-refractivity contribution >= 4 is 27.6 Å². The van der Waals surface area contributed by atoms with Crippen molar-refractivity contribution in [2.75, 3.05) is 6.61 Å². The molecule has 1 aliphatic heterocycles. The zero-order valence-electron chi connectivity index (χ0n) is 13.6. The van der Waals surface area contributed by atoms with Gasteiger partial charge in [0.2, 0.25) is 0 Å². The number of ketones is 1. The van der Waals surface area contributed by atoms with Gasteiger partial charge in [-0.15, -0.1) is 5.10 Å². The third kappa shape index (κ3) is 2.36. The summed E-state index contributed by atoms with van der Waals surface area (Å²) in [5.74, 6) is -4.79. The Labute approximate surface area is 143 Å². The average Bonchev–Trinajstić information content (AvgIpc) is 3.01. The van der Waals surface area contributed by atoms with Crippen molar-refractivity contribution in [3.63, 3.8) is 0 Å². The van der Waals surface area contributed by atoms with E-state index in [9.17, 15) is 27.9 Å². The Morgan fingerprint density at radius 2 is 2.16 bits per heavy atom. The number of aromatic nitrogens is 3. The van der Waals surface area contributed by atoms with E-state index in [1.54, 1.807) is 6.92 Å². The predicted octanol–water partition coefficient (Wildman–Crippen LogP) is -0.700. The molecule has 1 saturated carbocycles. The molecule has 0 spiro atoms. The van der Waals surface area contributed by atoms with E-state index >= 15 is 0 Å². The number of aliphatic carboxylic acids is 1. The monoisotopic (exact) mass is 371 g/mol. The highest BCUT2D eigenvalue weighted by molar-refractivity contribution is 7.94. The van der Waals surface area contributed by atoms with Gasteiger partial charge in [0.1, 0.15) is 10.5 Å². The van der Waals surface area contributed by atoms with Crippen LogP contribution in [0, 0.1) is 11.8 Å². The highest BCUT2D eigenvalue weighted by Gasteiger charge is 2.71. The molecule has 0 aromatic carbocycles. The minimum absolute atomic E-state index is 0.105. The van der Waals surface area contributed by atoms with Gasteiger partial charge >= 0.3 is 11.9 Å². The number of carbonyl (C=O) groups is 3. The number of hydrogen-bond donors (Lipinski definition) is 1. The van der Waals surface area contributed by atoms with Crippen LogP contribution in [0.1, 0.15) is 30.8 Å². The number of fused-ring (bicyclic) bond motifs is 1. The second-order valence-electron chi connectivity index (χ2n) is 6.43. The van der Waals surface area contributed by atoms with Crippen molar-refractivity contribution in [2.24, 2.45) is 11.8 Å². The lowest BCUT2D eigenvalue weighted by molar-refractivity contribution is -0.150. The van der Waals surface area contributed by atoms with Crippen LogP contribution in [0.15, 0.2) is 6.20 Å². The van der Waals surface area contributed by atoms with E-state index in [0.717, 1.165) is 4.68 Å². The van der Waals surface area contributed by atoms with Crippen molar-refractivity contribution in [1.82, 2.24) is 15.0 Å². The first-order valence-corrected chi connectivity index (χ1v) is 9.24. The average molecular weight is 371 g/mol. The standard InChI is InChI=1S/C14H17N3O7S/c1-3-24-13(21)7-5-17(16-15-7)6-14(2)11(12(19)20)10-8(18)4-9(10)25(14,22)23/h5,9-11H,3-4,6H2,1-2H3,(H,19,20)/t9?,10?,11-,14-/m0/s1. The number of carboxylic acids is 1. The number of rotatable bonds is 5. The SMILES string of the molecule is CCOC(=O)c1cn(C[C@@]2(C)[C@H](C(=O)O)C3C(=O)CC3S2(=O)=O)nn1. The number of carboxylic acid groups (broad SMARTS) is 1. The maximum Gasteiger partial charge on any atom is 0.360 e. The van der Waals surface area contributed by atoms with Crippen LogP contribution in [0.3, 0.4) is 0 Å². The van der Waals surface area contributed by atoms with Crippen LogP contribution < -0.4 is 0 Å². The molecule has 1 aromatic rings. The lowest BCUT2D eigenvalue weighted by atomic mass is 9.70. The van der Waals surface area contributed by atoms with Crippen LogP contribution in [-0.4, -0.2) is 62.8 Å². The molecule has 0 radical (unpaired) electrons. The lowest BCUT2D eigenvalue weighted by Crippen LogP contribution is -2.47. The highest BCUT2D eigenvalue weighted by atomic mass is 32.2. The maximum atomic E-state index is 12.8. The first kappa shape index (κ1) is 17.5. The summed E-state index contributed by atoms with van der Waals surface area (Å²) in [5, 5.41) is 15.9. The summed E-state index contributed by atoms with van der Waals surface area (Å²) in [5.41, 5.74) is -0.105.